The zero-order valence-electron chi connectivity index (χ0n) is 1.70. The molecule has 0 aliphatic rings. The monoisotopic (exact) mass is 328 g/mol. The van der Waals surface area contributed by atoms with Crippen LogP contribution in [-0.4, -0.2) is 17.4 Å². The molecule has 0 heterocycles. The van der Waals surface area contributed by atoms with Crippen LogP contribution in [0.25, 0.3) is 0 Å². The van der Waals surface area contributed by atoms with Crippen LogP contribution in [0.5, 0.6) is 0 Å². The van der Waals surface area contributed by atoms with Crippen molar-refractivity contribution in [3.05, 3.63) is 0 Å². The van der Waals surface area contributed by atoms with Gasteiger partial charge in [0.1, 0.15) is 0 Å². The first-order chi connectivity index (χ1) is 0. The molecule has 0 rings (SSSR count). The maximum Gasteiger partial charge on any atom is 0 e. The molecular formula is AlCuHfNi. The summed E-state index contributed by atoms with van der Waals surface area (Å²) in [5.41, 5.74) is 0. The Hall–Kier alpha value is 2.42. The van der Waals surface area contributed by atoms with Crippen molar-refractivity contribution in [2.24, 2.45) is 0 Å². The summed E-state index contributed by atoms with van der Waals surface area (Å²) in [5.74, 6) is 0. The van der Waals surface area contributed by atoms with Crippen molar-refractivity contribution < 1.29 is 59.4 Å². The van der Waals surface area contributed by atoms with Gasteiger partial charge in [-0.25, -0.2) is 0 Å². The van der Waals surface area contributed by atoms with E-state index in [9.17, 15) is 0 Å². The van der Waals surface area contributed by atoms with Gasteiger partial charge in [0.15, 0.2) is 0 Å². The summed E-state index contributed by atoms with van der Waals surface area (Å²) < 4.78 is 0. The molecule has 0 N–H and O–H groups in total. The van der Waals surface area contributed by atoms with Crippen molar-refractivity contribution in [3.8, 4) is 0 Å². The molecule has 0 unspecified atom stereocenters. The molecule has 0 amide bonds. The fourth-order valence-corrected chi connectivity index (χ4v) is 0. The summed E-state index contributed by atoms with van der Waals surface area (Å²) >= 11 is 0. The van der Waals surface area contributed by atoms with Crippen LogP contribution in [0.2, 0.25) is 0 Å². The Balaban J connectivity index is 0. The summed E-state index contributed by atoms with van der Waals surface area (Å²) in [6.07, 6.45) is 0. The van der Waals surface area contributed by atoms with Crippen LogP contribution in [0.15, 0.2) is 0 Å². The quantitative estimate of drug-likeness (QED) is 0.532. The summed E-state index contributed by atoms with van der Waals surface area (Å²) in [5, 5.41) is 0. The van der Waals surface area contributed by atoms with E-state index >= 15 is 0 Å². The molecule has 0 atom stereocenters. The van der Waals surface area contributed by atoms with Gasteiger partial charge in [0.05, 0.1) is 0 Å². The molecule has 0 saturated carbocycles. The average Bonchev–Trinajstić information content (AvgIpc) is 0. The SMILES string of the molecule is [Al].[Cu].[Hf].[Ni]. The Morgan fingerprint density at radius 1 is 1.00 bits per heavy atom. The second-order valence-corrected chi connectivity index (χ2v) is 0. The normalized spacial score (nSPS) is 0. The molecule has 0 aromatic heterocycles. The van der Waals surface area contributed by atoms with Gasteiger partial charge in [0.25, 0.3) is 0 Å². The van der Waals surface area contributed by atoms with E-state index in [1.807, 2.05) is 0 Å². The number of rotatable bonds is 0. The van der Waals surface area contributed by atoms with E-state index in [-0.39, 0.29) is 76.8 Å². The smallest absolute Gasteiger partial charge is 0 e. The molecule has 0 saturated heterocycles. The van der Waals surface area contributed by atoms with Gasteiger partial charge < -0.3 is 0 Å². The summed E-state index contributed by atoms with van der Waals surface area (Å²) in [4.78, 5) is 0. The Bertz CT molecular complexity index is 8.00. The minimum absolute atomic E-state index is 0. The van der Waals surface area contributed by atoms with Crippen LogP contribution < -0.4 is 0 Å². The van der Waals surface area contributed by atoms with Gasteiger partial charge in [-0.1, -0.05) is 0 Å². The molecule has 0 bridgehead atoms. The van der Waals surface area contributed by atoms with Crippen LogP contribution in [-0.2, 0) is 59.4 Å². The van der Waals surface area contributed by atoms with E-state index in [0.29, 0.717) is 0 Å². The first-order valence-electron chi connectivity index (χ1n) is 0. The molecule has 0 aromatic carbocycles. The maximum absolute atomic E-state index is 0. The van der Waals surface area contributed by atoms with Gasteiger partial charge in [-0.3, -0.25) is 0 Å². The van der Waals surface area contributed by atoms with Crippen molar-refractivity contribution in [1.82, 2.24) is 0 Å². The zero-order valence-corrected chi connectivity index (χ0v) is 8.37. The van der Waals surface area contributed by atoms with E-state index in [4.69, 9.17) is 0 Å². The van der Waals surface area contributed by atoms with Gasteiger partial charge in [0, 0.05) is 76.8 Å². The van der Waals surface area contributed by atoms with Crippen LogP contribution in [0.3, 0.4) is 0 Å². The average molecular weight is 328 g/mol. The summed E-state index contributed by atoms with van der Waals surface area (Å²) in [7, 11) is 0. The molecule has 0 aliphatic heterocycles. The number of hydrogen-bond acceptors (Lipinski definition) is 0. The fraction of sp³-hybridized carbons (Fsp3) is 0. The maximum atomic E-state index is 0. The third-order valence-corrected chi connectivity index (χ3v) is 0. The molecule has 0 fully saturated rings. The standard InChI is InChI=1S/Al.Cu.Hf.Ni. The van der Waals surface area contributed by atoms with Gasteiger partial charge in [-0.05, 0) is 0 Å². The molecule has 0 spiro atoms. The second kappa shape index (κ2) is 18.1. The van der Waals surface area contributed by atoms with Crippen molar-refractivity contribution in [2.75, 3.05) is 0 Å². The third-order valence-electron chi connectivity index (χ3n) is 0. The minimum atomic E-state index is 0. The van der Waals surface area contributed by atoms with Gasteiger partial charge in [-0.2, -0.15) is 0 Å². The second-order valence-electron chi connectivity index (χ2n) is 0. The summed E-state index contributed by atoms with van der Waals surface area (Å²) in [6.45, 7) is 0. The third kappa shape index (κ3) is 8.83. The Kier molecular flexibility index (Phi) is 146. The Labute approximate surface area is 75.8 Å². The van der Waals surface area contributed by atoms with Crippen molar-refractivity contribution >= 4 is 17.4 Å². The van der Waals surface area contributed by atoms with E-state index in [1.165, 1.54) is 0 Å². The number of hydrogen-bond donors (Lipinski definition) is 0. The van der Waals surface area contributed by atoms with Crippen LogP contribution in [0, 0.1) is 0 Å². The van der Waals surface area contributed by atoms with Gasteiger partial charge in [0.2, 0.25) is 0 Å². The predicted octanol–water partition coefficient (Wildman–Crippen LogP) is -0.388. The molecule has 0 aliphatic carbocycles. The first-order valence-corrected chi connectivity index (χ1v) is 0. The largest absolute Gasteiger partial charge is 0 e. The van der Waals surface area contributed by atoms with Gasteiger partial charge >= 0.3 is 0 Å². The Morgan fingerprint density at radius 2 is 1.00 bits per heavy atom. The molecule has 0 aromatic rings. The first kappa shape index (κ1) is 32.2. The van der Waals surface area contributed by atoms with Crippen molar-refractivity contribution in [3.63, 3.8) is 0 Å². The van der Waals surface area contributed by atoms with Crippen molar-refractivity contribution in [1.29, 1.82) is 0 Å². The molecule has 4 heteroatoms. The molecule has 4 heavy (non-hydrogen) atoms. The minimum Gasteiger partial charge on any atom is 0 e. The van der Waals surface area contributed by atoms with Gasteiger partial charge in [-0.15, -0.1) is 0 Å². The fourth-order valence-electron chi connectivity index (χ4n) is 0. The molecule has 28 valence electrons. The van der Waals surface area contributed by atoms with Crippen LogP contribution >= 0.6 is 0 Å². The molecule has 0 nitrogen and oxygen atoms in total. The Morgan fingerprint density at radius 3 is 1.00 bits per heavy atom. The van der Waals surface area contributed by atoms with Crippen molar-refractivity contribution in [2.45, 2.75) is 0 Å². The van der Waals surface area contributed by atoms with Crippen LogP contribution in [0.1, 0.15) is 0 Å². The molecular weight excluding hydrogens is 328 g/mol. The topological polar surface area (TPSA) is 0 Å². The summed E-state index contributed by atoms with van der Waals surface area (Å²) in [6, 6.07) is 0. The van der Waals surface area contributed by atoms with E-state index in [2.05, 4.69) is 0 Å². The zero-order chi connectivity index (χ0) is 0. The van der Waals surface area contributed by atoms with E-state index in [1.54, 1.807) is 0 Å². The van der Waals surface area contributed by atoms with Crippen LogP contribution in [0.4, 0.5) is 0 Å². The van der Waals surface area contributed by atoms with E-state index in [0.717, 1.165) is 0 Å². The molecule has 4 radical (unpaired) electrons. The van der Waals surface area contributed by atoms with E-state index < -0.39 is 0 Å². The predicted molar refractivity (Wildman–Crippen MR) is 5.75 cm³/mol.